The number of fused-ring (bicyclic) bond motifs is 2. The quantitative estimate of drug-likeness (QED) is 0.227. The first kappa shape index (κ1) is 33.7. The van der Waals surface area contributed by atoms with Crippen molar-refractivity contribution in [2.24, 2.45) is 28.2 Å². The van der Waals surface area contributed by atoms with Gasteiger partial charge in [-0.3, -0.25) is 29.1 Å². The topological polar surface area (TPSA) is 171 Å². The predicted molar refractivity (Wildman–Crippen MR) is 170 cm³/mol. The number of rotatable bonds is 4. The highest BCUT2D eigenvalue weighted by atomic mass is 79.9. The van der Waals surface area contributed by atoms with Crippen LogP contribution in [0.5, 0.6) is 0 Å². The molecule has 0 radical (unpaired) electrons. The lowest BCUT2D eigenvalue weighted by atomic mass is 9.96. The van der Waals surface area contributed by atoms with Crippen LogP contribution in [0, 0.1) is 5.92 Å². The van der Waals surface area contributed by atoms with Crippen LogP contribution in [0.15, 0.2) is 80.9 Å². The number of hydrazine groups is 1. The van der Waals surface area contributed by atoms with E-state index in [-0.39, 0.29) is 38.3 Å². The average Bonchev–Trinajstić information content (AvgIpc) is 2.99. The van der Waals surface area contributed by atoms with Gasteiger partial charge in [0.05, 0.1) is 40.9 Å². The van der Waals surface area contributed by atoms with E-state index in [1.54, 1.807) is 32.3 Å². The summed E-state index contributed by atoms with van der Waals surface area (Å²) in [7, 11) is 1.57. The third kappa shape index (κ3) is 7.37. The molecule has 3 heterocycles. The Morgan fingerprint density at radius 3 is 2.62 bits per heavy atom. The van der Waals surface area contributed by atoms with Gasteiger partial charge in [-0.2, -0.15) is 13.2 Å². The predicted octanol–water partition coefficient (Wildman–Crippen LogP) is 4.51. The number of carbonyl (C=O) groups excluding carboxylic acids is 1. The van der Waals surface area contributed by atoms with Crippen molar-refractivity contribution in [3.8, 4) is 11.3 Å². The Morgan fingerprint density at radius 1 is 1.22 bits per heavy atom. The first-order chi connectivity index (χ1) is 21.3. The lowest BCUT2D eigenvalue weighted by Gasteiger charge is -2.24. The summed E-state index contributed by atoms with van der Waals surface area (Å²) < 4.78 is 40.7. The average molecular weight is 709 g/mol. The van der Waals surface area contributed by atoms with E-state index in [2.05, 4.69) is 36.2 Å². The molecule has 11 nitrogen and oxygen atoms in total. The van der Waals surface area contributed by atoms with Crippen LogP contribution in [0.25, 0.3) is 11.3 Å². The van der Waals surface area contributed by atoms with E-state index in [1.807, 2.05) is 0 Å². The molecule has 2 atom stereocenters. The molecular weight excluding hydrogens is 679 g/mol. The summed E-state index contributed by atoms with van der Waals surface area (Å²) in [6.45, 7) is 1.80. The number of benzene rings is 1. The third-order valence-electron chi connectivity index (χ3n) is 7.24. The smallest absolute Gasteiger partial charge is 0.403 e. The minimum atomic E-state index is -4.81. The van der Waals surface area contributed by atoms with Crippen LogP contribution in [-0.4, -0.2) is 39.4 Å². The molecule has 1 aliphatic heterocycles. The summed E-state index contributed by atoms with van der Waals surface area (Å²) in [5.74, 6) is 5.36. The Kier molecular flexibility index (Phi) is 10.4. The largest absolute Gasteiger partial charge is 0.432 e. The number of nitrogens with one attached hydrogen (secondary N) is 1. The molecule has 238 valence electrons. The van der Waals surface area contributed by atoms with Gasteiger partial charge in [-0.15, -0.1) is 0 Å². The van der Waals surface area contributed by atoms with E-state index >= 15 is 0 Å². The second-order valence-corrected chi connectivity index (χ2v) is 11.5. The monoisotopic (exact) mass is 707 g/mol. The standard InChI is InChI=1S/C29H30BrClF3N9O2/c1-15-4-3-5-22(19-10-16(8-9-39-19)25(38-2)20(12-35)41-27(15)44)42-14-40-26(24(30)28(42)45)18-11-17(31)6-7-21(18)43(37)13-23(36)29(32,33)34/h6-15,22H,3-5,35-37H2,1-2H3,(H,41,44)/b20-12?,23-13-,38-25?. The number of hydrogen-bond donors (Lipinski definition) is 4. The number of pyridine rings is 1. The molecule has 0 aliphatic carbocycles. The first-order valence-corrected chi connectivity index (χ1v) is 14.7. The molecule has 0 spiro atoms. The lowest BCUT2D eigenvalue weighted by molar-refractivity contribution is -0.123. The summed E-state index contributed by atoms with van der Waals surface area (Å²) in [6.07, 6.45) is 1.38. The summed E-state index contributed by atoms with van der Waals surface area (Å²) >= 11 is 9.57. The van der Waals surface area contributed by atoms with Crippen LogP contribution in [0.3, 0.4) is 0 Å². The Hall–Kier alpha value is -4.21. The molecule has 4 rings (SSSR count). The van der Waals surface area contributed by atoms with Gasteiger partial charge in [0.1, 0.15) is 10.2 Å². The minimum Gasteiger partial charge on any atom is -0.403 e. The van der Waals surface area contributed by atoms with Crippen molar-refractivity contribution in [3.05, 3.63) is 97.8 Å². The second-order valence-electron chi connectivity index (χ2n) is 10.2. The van der Waals surface area contributed by atoms with Crippen LogP contribution in [0.2, 0.25) is 5.02 Å². The molecule has 2 bridgehead atoms. The number of allylic oxidation sites excluding steroid dienone is 2. The van der Waals surface area contributed by atoms with Crippen molar-refractivity contribution in [1.82, 2.24) is 19.9 Å². The molecule has 0 saturated carbocycles. The number of carbonyl (C=O) groups is 1. The molecule has 1 aliphatic rings. The highest BCUT2D eigenvalue weighted by Crippen LogP contribution is 2.36. The van der Waals surface area contributed by atoms with Crippen molar-refractivity contribution >= 4 is 44.8 Å². The zero-order chi connectivity index (χ0) is 33.1. The molecule has 2 aromatic heterocycles. The number of aromatic nitrogens is 3. The highest BCUT2D eigenvalue weighted by molar-refractivity contribution is 9.10. The van der Waals surface area contributed by atoms with Gasteiger partial charge in [0, 0.05) is 47.7 Å². The molecule has 16 heteroatoms. The molecule has 7 N–H and O–H groups in total. The lowest BCUT2D eigenvalue weighted by Crippen LogP contribution is -2.34. The molecular formula is C29H30BrClF3N9O2. The van der Waals surface area contributed by atoms with Gasteiger partial charge in [0.15, 0.2) is 0 Å². The SMILES string of the molecule is CN=C1C(=CN)NC(=O)C(C)CCCC(n2cnc(-c3cc(Cl)ccc3N(N)/C=C(\N)C(F)(F)F)c(Br)c2=O)c2cc1ccn2. The number of nitrogens with zero attached hydrogens (tertiary/aromatic N) is 5. The van der Waals surface area contributed by atoms with E-state index < -0.39 is 23.5 Å². The van der Waals surface area contributed by atoms with Crippen molar-refractivity contribution < 1.29 is 18.0 Å². The molecule has 3 aromatic rings. The van der Waals surface area contributed by atoms with Gasteiger partial charge >= 0.3 is 6.18 Å². The number of hydrogen-bond acceptors (Lipinski definition) is 9. The van der Waals surface area contributed by atoms with Gasteiger partial charge in [0.2, 0.25) is 5.91 Å². The van der Waals surface area contributed by atoms with Crippen molar-refractivity contribution in [2.45, 2.75) is 38.4 Å². The summed E-state index contributed by atoms with van der Waals surface area (Å²) in [5.41, 5.74) is 11.3. The zero-order valence-corrected chi connectivity index (χ0v) is 26.5. The molecule has 45 heavy (non-hydrogen) atoms. The van der Waals surface area contributed by atoms with Crippen LogP contribution >= 0.6 is 27.5 Å². The van der Waals surface area contributed by atoms with Gasteiger partial charge < -0.3 is 16.8 Å². The highest BCUT2D eigenvalue weighted by Gasteiger charge is 2.32. The van der Waals surface area contributed by atoms with E-state index in [0.29, 0.717) is 53.1 Å². The number of amides is 1. The van der Waals surface area contributed by atoms with Gasteiger partial charge in [0.25, 0.3) is 5.56 Å². The van der Waals surface area contributed by atoms with Crippen molar-refractivity contribution in [1.29, 1.82) is 0 Å². The Bertz CT molecular complexity index is 1760. The number of anilines is 1. The Morgan fingerprint density at radius 2 is 1.96 bits per heavy atom. The molecule has 0 fully saturated rings. The zero-order valence-electron chi connectivity index (χ0n) is 24.1. The summed E-state index contributed by atoms with van der Waals surface area (Å²) in [6, 6.07) is 7.11. The van der Waals surface area contributed by atoms with Crippen LogP contribution in [0.1, 0.15) is 43.5 Å². The second kappa shape index (κ2) is 13.8. The van der Waals surface area contributed by atoms with E-state index in [0.717, 1.165) is 0 Å². The van der Waals surface area contributed by atoms with Crippen LogP contribution in [-0.2, 0) is 4.79 Å². The molecule has 1 amide bonds. The Labute approximate surface area is 269 Å². The fourth-order valence-electron chi connectivity index (χ4n) is 4.87. The van der Waals surface area contributed by atoms with Crippen LogP contribution in [0.4, 0.5) is 18.9 Å². The van der Waals surface area contributed by atoms with Gasteiger partial charge in [-0.05, 0) is 59.1 Å². The third-order valence-corrected chi connectivity index (χ3v) is 8.19. The van der Waals surface area contributed by atoms with Crippen molar-refractivity contribution in [2.75, 3.05) is 12.1 Å². The van der Waals surface area contributed by atoms with Gasteiger partial charge in [-0.25, -0.2) is 10.8 Å². The maximum atomic E-state index is 13.9. The maximum Gasteiger partial charge on any atom is 0.432 e. The molecule has 2 unspecified atom stereocenters. The summed E-state index contributed by atoms with van der Waals surface area (Å²) in [4.78, 5) is 40.2. The summed E-state index contributed by atoms with van der Waals surface area (Å²) in [5, 5.41) is 3.76. The molecule has 1 aromatic carbocycles. The fourth-order valence-corrected chi connectivity index (χ4v) is 5.56. The van der Waals surface area contributed by atoms with Crippen molar-refractivity contribution in [3.63, 3.8) is 0 Å². The van der Waals surface area contributed by atoms with Gasteiger partial charge in [-0.1, -0.05) is 24.9 Å². The maximum absolute atomic E-state index is 13.9. The van der Waals surface area contributed by atoms with E-state index in [1.165, 1.54) is 35.3 Å². The molecule has 0 saturated heterocycles. The number of alkyl halides is 3. The number of halogens is 5. The first-order valence-electron chi connectivity index (χ1n) is 13.6. The van der Waals surface area contributed by atoms with E-state index in [4.69, 9.17) is 28.9 Å². The number of aliphatic imine (C=N–C) groups is 1. The normalized spacial score (nSPS) is 20.0. The number of nitrogens with two attached hydrogens (primary N) is 3. The fraction of sp³-hybridized carbons (Fsp3) is 0.276. The Balaban J connectivity index is 1.84. The van der Waals surface area contributed by atoms with Crippen LogP contribution < -0.4 is 33.2 Å². The minimum absolute atomic E-state index is 0.00821. The van der Waals surface area contributed by atoms with E-state index in [9.17, 15) is 22.8 Å².